The first-order valence-corrected chi connectivity index (χ1v) is 7.15. The van der Waals surface area contributed by atoms with Crippen LogP contribution in [0.1, 0.15) is 16.5 Å². The molecular weight excluding hydrogens is 250 g/mol. The van der Waals surface area contributed by atoms with Crippen molar-refractivity contribution < 1.29 is 0 Å². The van der Waals surface area contributed by atoms with Crippen molar-refractivity contribution >= 4 is 22.9 Å². The van der Waals surface area contributed by atoms with E-state index in [2.05, 4.69) is 34.3 Å². The molecule has 0 bridgehead atoms. The molecule has 1 atom stereocenters. The molecule has 1 N–H and O–H groups in total. The molecule has 1 aromatic heterocycles. The van der Waals surface area contributed by atoms with E-state index >= 15 is 0 Å². The van der Waals surface area contributed by atoms with Gasteiger partial charge in [-0.05, 0) is 40.9 Å². The molecule has 2 aromatic rings. The Bertz CT molecular complexity index is 413. The summed E-state index contributed by atoms with van der Waals surface area (Å²) in [6.07, 6.45) is 1.07. The molecule has 0 aliphatic rings. The summed E-state index contributed by atoms with van der Waals surface area (Å²) in [5, 5.41) is 7.76. The van der Waals surface area contributed by atoms with Gasteiger partial charge in [-0.3, -0.25) is 0 Å². The molecule has 0 fully saturated rings. The maximum absolute atomic E-state index is 6.31. The molecule has 0 saturated carbocycles. The van der Waals surface area contributed by atoms with Gasteiger partial charge in [0.2, 0.25) is 0 Å². The lowest BCUT2D eigenvalue weighted by molar-refractivity contribution is 0.671. The molecule has 3 heteroatoms. The van der Waals surface area contributed by atoms with Gasteiger partial charge in [0.25, 0.3) is 0 Å². The number of hydrogen-bond acceptors (Lipinski definition) is 2. The summed E-state index contributed by atoms with van der Waals surface area (Å²) in [5.74, 6) is 0. The number of benzene rings is 1. The van der Waals surface area contributed by atoms with Gasteiger partial charge in [-0.2, -0.15) is 11.3 Å². The molecule has 0 amide bonds. The molecule has 1 heterocycles. The number of thiophene rings is 1. The molecular formula is C14H16ClNS. The van der Waals surface area contributed by atoms with Crippen molar-refractivity contribution in [3.8, 4) is 0 Å². The number of hydrogen-bond donors (Lipinski definition) is 1. The zero-order chi connectivity index (χ0) is 11.9. The van der Waals surface area contributed by atoms with Crippen molar-refractivity contribution in [2.75, 3.05) is 13.1 Å². The Morgan fingerprint density at radius 3 is 2.71 bits per heavy atom. The smallest absolute Gasteiger partial charge is 0.0709 e. The van der Waals surface area contributed by atoms with Crippen LogP contribution in [0.25, 0.3) is 0 Å². The normalized spacial score (nSPS) is 12.5. The highest BCUT2D eigenvalue weighted by Crippen LogP contribution is 2.18. The van der Waals surface area contributed by atoms with E-state index in [1.165, 1.54) is 11.1 Å². The highest BCUT2D eigenvalue weighted by atomic mass is 35.5. The molecule has 0 aliphatic carbocycles. The number of rotatable bonds is 6. The minimum Gasteiger partial charge on any atom is -0.315 e. The fourth-order valence-corrected chi connectivity index (χ4v) is 2.63. The van der Waals surface area contributed by atoms with E-state index in [1.54, 1.807) is 11.3 Å². The Hall–Kier alpha value is -0.830. The van der Waals surface area contributed by atoms with Crippen molar-refractivity contribution in [2.24, 2.45) is 0 Å². The zero-order valence-electron chi connectivity index (χ0n) is 9.60. The number of halogens is 1. The Morgan fingerprint density at radius 1 is 1.18 bits per heavy atom. The van der Waals surface area contributed by atoms with Crippen LogP contribution < -0.4 is 5.32 Å². The maximum Gasteiger partial charge on any atom is 0.0709 e. The summed E-state index contributed by atoms with van der Waals surface area (Å²) >= 11 is 8.05. The van der Waals surface area contributed by atoms with E-state index in [1.807, 2.05) is 18.2 Å². The predicted octanol–water partition coefficient (Wildman–Crippen LogP) is 3.86. The van der Waals surface area contributed by atoms with Gasteiger partial charge in [0.15, 0.2) is 0 Å². The lowest BCUT2D eigenvalue weighted by atomic mass is 10.1. The van der Waals surface area contributed by atoms with Crippen molar-refractivity contribution in [3.05, 3.63) is 58.3 Å². The Balaban J connectivity index is 1.68. The minimum atomic E-state index is 0.0543. The second kappa shape index (κ2) is 6.80. The first kappa shape index (κ1) is 12.6. The third-order valence-corrected chi connectivity index (χ3v) is 3.79. The third-order valence-electron chi connectivity index (χ3n) is 2.66. The largest absolute Gasteiger partial charge is 0.315 e. The van der Waals surface area contributed by atoms with Crippen LogP contribution in [0.2, 0.25) is 0 Å². The highest BCUT2D eigenvalue weighted by Gasteiger charge is 2.05. The van der Waals surface area contributed by atoms with Crippen LogP contribution in [-0.4, -0.2) is 13.1 Å². The van der Waals surface area contributed by atoms with E-state index in [0.717, 1.165) is 19.5 Å². The van der Waals surface area contributed by atoms with Crippen LogP contribution in [0.4, 0.5) is 0 Å². The highest BCUT2D eigenvalue weighted by molar-refractivity contribution is 7.07. The number of alkyl halides is 1. The van der Waals surface area contributed by atoms with Crippen molar-refractivity contribution in [1.29, 1.82) is 0 Å². The van der Waals surface area contributed by atoms with Crippen LogP contribution in [0.5, 0.6) is 0 Å². The summed E-state index contributed by atoms with van der Waals surface area (Å²) in [6, 6.07) is 12.4. The van der Waals surface area contributed by atoms with Crippen LogP contribution in [0.15, 0.2) is 47.2 Å². The first-order valence-electron chi connectivity index (χ1n) is 5.77. The summed E-state index contributed by atoms with van der Waals surface area (Å²) in [6.45, 7) is 1.79. The van der Waals surface area contributed by atoms with Crippen LogP contribution in [0, 0.1) is 0 Å². The summed E-state index contributed by atoms with van der Waals surface area (Å²) in [7, 11) is 0. The van der Waals surface area contributed by atoms with Gasteiger partial charge in [-0.25, -0.2) is 0 Å². The maximum atomic E-state index is 6.31. The Kier molecular flexibility index (Phi) is 5.05. The van der Waals surface area contributed by atoms with Gasteiger partial charge in [0, 0.05) is 6.54 Å². The van der Waals surface area contributed by atoms with E-state index in [4.69, 9.17) is 11.6 Å². The molecule has 0 spiro atoms. The van der Waals surface area contributed by atoms with Crippen LogP contribution in [-0.2, 0) is 6.42 Å². The monoisotopic (exact) mass is 265 g/mol. The van der Waals surface area contributed by atoms with E-state index in [9.17, 15) is 0 Å². The fraction of sp³-hybridized carbons (Fsp3) is 0.286. The van der Waals surface area contributed by atoms with Gasteiger partial charge in [0.1, 0.15) is 0 Å². The molecule has 1 nitrogen and oxygen atoms in total. The summed E-state index contributed by atoms with van der Waals surface area (Å²) in [4.78, 5) is 0. The van der Waals surface area contributed by atoms with Crippen molar-refractivity contribution in [3.63, 3.8) is 0 Å². The average Bonchev–Trinajstić information content (AvgIpc) is 2.88. The Morgan fingerprint density at radius 2 is 2.00 bits per heavy atom. The van der Waals surface area contributed by atoms with E-state index in [0.29, 0.717) is 0 Å². The second-order valence-corrected chi connectivity index (χ2v) is 5.27. The summed E-state index contributed by atoms with van der Waals surface area (Å²) in [5.41, 5.74) is 2.57. The molecule has 0 saturated heterocycles. The topological polar surface area (TPSA) is 12.0 Å². The zero-order valence-corrected chi connectivity index (χ0v) is 11.2. The lowest BCUT2D eigenvalue weighted by Crippen LogP contribution is -2.21. The van der Waals surface area contributed by atoms with Crippen LogP contribution >= 0.6 is 22.9 Å². The Labute approximate surface area is 111 Å². The number of nitrogens with one attached hydrogen (secondary N) is 1. The van der Waals surface area contributed by atoms with Crippen LogP contribution in [0.3, 0.4) is 0 Å². The minimum absolute atomic E-state index is 0.0543. The molecule has 1 unspecified atom stereocenters. The molecule has 0 aliphatic heterocycles. The quantitative estimate of drug-likeness (QED) is 0.618. The lowest BCUT2D eigenvalue weighted by Gasteiger charge is -2.10. The van der Waals surface area contributed by atoms with Gasteiger partial charge < -0.3 is 5.32 Å². The first-order chi connectivity index (χ1) is 8.36. The fourth-order valence-electron chi connectivity index (χ4n) is 1.68. The van der Waals surface area contributed by atoms with Crippen molar-refractivity contribution in [1.82, 2.24) is 5.32 Å². The second-order valence-electron chi connectivity index (χ2n) is 3.96. The third kappa shape index (κ3) is 4.15. The molecule has 1 aromatic carbocycles. The predicted molar refractivity (Wildman–Crippen MR) is 75.9 cm³/mol. The molecule has 2 rings (SSSR count). The molecule has 17 heavy (non-hydrogen) atoms. The molecule has 90 valence electrons. The summed E-state index contributed by atoms with van der Waals surface area (Å²) < 4.78 is 0. The van der Waals surface area contributed by atoms with Gasteiger partial charge in [-0.1, -0.05) is 30.3 Å². The van der Waals surface area contributed by atoms with Gasteiger partial charge in [-0.15, -0.1) is 11.6 Å². The standard InChI is InChI=1S/C14H16ClNS/c15-14(13-4-2-1-3-5-13)10-16-8-6-12-7-9-17-11-12/h1-5,7,9,11,14,16H,6,8,10H2. The van der Waals surface area contributed by atoms with Gasteiger partial charge >= 0.3 is 0 Å². The van der Waals surface area contributed by atoms with E-state index < -0.39 is 0 Å². The van der Waals surface area contributed by atoms with Crippen molar-refractivity contribution in [2.45, 2.75) is 11.8 Å². The average molecular weight is 266 g/mol. The SMILES string of the molecule is ClC(CNCCc1ccsc1)c1ccccc1. The molecule has 0 radical (unpaired) electrons. The van der Waals surface area contributed by atoms with E-state index in [-0.39, 0.29) is 5.38 Å². The van der Waals surface area contributed by atoms with Gasteiger partial charge in [0.05, 0.1) is 5.38 Å².